The van der Waals surface area contributed by atoms with Crippen molar-refractivity contribution in [3.05, 3.63) is 29.6 Å². The van der Waals surface area contributed by atoms with Crippen molar-refractivity contribution in [2.24, 2.45) is 0 Å². The monoisotopic (exact) mass is 304 g/mol. The van der Waals surface area contributed by atoms with Crippen LogP contribution >= 0.6 is 0 Å². The van der Waals surface area contributed by atoms with Crippen molar-refractivity contribution in [3.63, 3.8) is 0 Å². The highest BCUT2D eigenvalue weighted by Crippen LogP contribution is 2.22. The first kappa shape index (κ1) is 15.7. The fraction of sp³-hybridized carbons (Fsp3) is 0.417. The van der Waals surface area contributed by atoms with Gasteiger partial charge in [-0.3, -0.25) is 0 Å². The number of aromatic amines is 1. The highest BCUT2D eigenvalue weighted by Gasteiger charge is 2.32. The SMILES string of the molecule is OCC(O)[C@H](O)C(O)C(O)c1nc2cc(F)c(F)cc2[nH]1. The maximum absolute atomic E-state index is 13.1. The summed E-state index contributed by atoms with van der Waals surface area (Å²) in [6, 6.07) is 1.64. The highest BCUT2D eigenvalue weighted by atomic mass is 19.2. The molecular weight excluding hydrogens is 290 g/mol. The summed E-state index contributed by atoms with van der Waals surface area (Å²) in [7, 11) is 0. The quantitative estimate of drug-likeness (QED) is 0.418. The van der Waals surface area contributed by atoms with Crippen molar-refractivity contribution in [1.29, 1.82) is 0 Å². The molecule has 0 aliphatic rings. The van der Waals surface area contributed by atoms with Crippen LogP contribution in [-0.4, -0.2) is 60.4 Å². The zero-order valence-corrected chi connectivity index (χ0v) is 10.6. The third-order valence-corrected chi connectivity index (χ3v) is 3.08. The van der Waals surface area contributed by atoms with Crippen LogP contribution < -0.4 is 0 Å². The van der Waals surface area contributed by atoms with E-state index in [0.29, 0.717) is 0 Å². The van der Waals surface area contributed by atoms with Gasteiger partial charge in [0.1, 0.15) is 30.2 Å². The van der Waals surface area contributed by atoms with E-state index in [-0.39, 0.29) is 16.9 Å². The zero-order chi connectivity index (χ0) is 15.7. The van der Waals surface area contributed by atoms with E-state index < -0.39 is 42.7 Å². The van der Waals surface area contributed by atoms with Gasteiger partial charge in [-0.05, 0) is 0 Å². The van der Waals surface area contributed by atoms with E-state index >= 15 is 0 Å². The molecule has 7 nitrogen and oxygen atoms in total. The molecule has 21 heavy (non-hydrogen) atoms. The summed E-state index contributed by atoms with van der Waals surface area (Å²) < 4.78 is 26.1. The number of aliphatic hydroxyl groups excluding tert-OH is 5. The number of benzene rings is 1. The van der Waals surface area contributed by atoms with Crippen molar-refractivity contribution in [2.45, 2.75) is 24.4 Å². The Bertz CT molecular complexity index is 596. The summed E-state index contributed by atoms with van der Waals surface area (Å²) in [5.74, 6) is -2.47. The predicted octanol–water partition coefficient (Wildman–Crippen LogP) is -1.05. The van der Waals surface area contributed by atoms with Gasteiger partial charge in [-0.15, -0.1) is 0 Å². The Morgan fingerprint density at radius 1 is 1.05 bits per heavy atom. The maximum atomic E-state index is 13.1. The average Bonchev–Trinajstić information content (AvgIpc) is 2.87. The van der Waals surface area contributed by atoms with Crippen molar-refractivity contribution < 1.29 is 34.3 Å². The number of aliphatic hydroxyl groups is 5. The Morgan fingerprint density at radius 3 is 2.29 bits per heavy atom. The number of hydrogen-bond donors (Lipinski definition) is 6. The minimum absolute atomic E-state index is 0.0207. The van der Waals surface area contributed by atoms with Crippen molar-refractivity contribution in [3.8, 4) is 0 Å². The molecule has 116 valence electrons. The van der Waals surface area contributed by atoms with Gasteiger partial charge < -0.3 is 30.5 Å². The molecule has 9 heteroatoms. The number of hydrogen-bond acceptors (Lipinski definition) is 6. The van der Waals surface area contributed by atoms with Crippen LogP contribution in [0.25, 0.3) is 11.0 Å². The molecule has 0 aliphatic heterocycles. The number of rotatable bonds is 5. The van der Waals surface area contributed by atoms with Gasteiger partial charge in [0.2, 0.25) is 0 Å². The Balaban J connectivity index is 2.28. The van der Waals surface area contributed by atoms with E-state index in [9.17, 15) is 29.2 Å². The van der Waals surface area contributed by atoms with E-state index in [0.717, 1.165) is 12.1 Å². The Morgan fingerprint density at radius 2 is 1.67 bits per heavy atom. The fourth-order valence-corrected chi connectivity index (χ4v) is 1.85. The van der Waals surface area contributed by atoms with E-state index in [4.69, 9.17) is 5.11 Å². The van der Waals surface area contributed by atoms with Crippen LogP contribution in [0.1, 0.15) is 11.9 Å². The van der Waals surface area contributed by atoms with Crippen LogP contribution in [0.3, 0.4) is 0 Å². The van der Waals surface area contributed by atoms with E-state index in [1.165, 1.54) is 0 Å². The fourth-order valence-electron chi connectivity index (χ4n) is 1.85. The van der Waals surface area contributed by atoms with Gasteiger partial charge in [-0.1, -0.05) is 0 Å². The van der Waals surface area contributed by atoms with Crippen molar-refractivity contribution >= 4 is 11.0 Å². The lowest BCUT2D eigenvalue weighted by Crippen LogP contribution is -2.42. The molecule has 2 aromatic rings. The number of imidazole rings is 1. The summed E-state index contributed by atoms with van der Waals surface area (Å²) in [4.78, 5) is 6.25. The molecule has 0 aliphatic carbocycles. The predicted molar refractivity (Wildman–Crippen MR) is 66.1 cm³/mol. The van der Waals surface area contributed by atoms with E-state index in [1.807, 2.05) is 0 Å². The van der Waals surface area contributed by atoms with Crippen LogP contribution in [-0.2, 0) is 0 Å². The molecular formula is C12H14F2N2O5. The summed E-state index contributed by atoms with van der Waals surface area (Å²) in [6.07, 6.45) is -7.09. The van der Waals surface area contributed by atoms with Crippen LogP contribution in [0.5, 0.6) is 0 Å². The molecule has 0 bridgehead atoms. The molecule has 2 rings (SSSR count). The molecule has 0 spiro atoms. The molecule has 4 atom stereocenters. The lowest BCUT2D eigenvalue weighted by molar-refractivity contribution is -0.117. The third kappa shape index (κ3) is 3.01. The molecule has 0 saturated heterocycles. The Hall–Kier alpha value is -1.65. The average molecular weight is 304 g/mol. The first-order valence-electron chi connectivity index (χ1n) is 6.03. The van der Waals surface area contributed by atoms with Crippen LogP contribution in [0, 0.1) is 11.6 Å². The van der Waals surface area contributed by atoms with Crippen LogP contribution in [0.15, 0.2) is 12.1 Å². The molecule has 3 unspecified atom stereocenters. The number of H-pyrrole nitrogens is 1. The van der Waals surface area contributed by atoms with Gasteiger partial charge in [-0.2, -0.15) is 0 Å². The number of fused-ring (bicyclic) bond motifs is 1. The van der Waals surface area contributed by atoms with Gasteiger partial charge in [0.25, 0.3) is 0 Å². The molecule has 6 N–H and O–H groups in total. The van der Waals surface area contributed by atoms with E-state index in [2.05, 4.69) is 9.97 Å². The number of nitrogens with zero attached hydrogens (tertiary/aromatic N) is 1. The molecule has 1 heterocycles. The zero-order valence-electron chi connectivity index (χ0n) is 10.6. The Labute approximate surface area is 117 Å². The second kappa shape index (κ2) is 6.00. The second-order valence-electron chi connectivity index (χ2n) is 4.58. The second-order valence-corrected chi connectivity index (χ2v) is 4.58. The molecule has 0 saturated carbocycles. The Kier molecular flexibility index (Phi) is 4.49. The summed E-state index contributed by atoms with van der Waals surface area (Å²) in [5.41, 5.74) is 0.111. The minimum atomic E-state index is -1.86. The van der Waals surface area contributed by atoms with Gasteiger partial charge in [0.15, 0.2) is 11.6 Å². The van der Waals surface area contributed by atoms with Crippen molar-refractivity contribution in [1.82, 2.24) is 9.97 Å². The standard InChI is InChI=1S/C12H14F2N2O5/c13-4-1-6-7(2-5(4)14)16-12(15-6)11(21)10(20)9(19)8(18)3-17/h1-2,8-11,17-21H,3H2,(H,15,16)/t8?,9-,10?,11?/m0/s1. The van der Waals surface area contributed by atoms with Gasteiger partial charge >= 0.3 is 0 Å². The maximum Gasteiger partial charge on any atom is 0.161 e. The summed E-state index contributed by atoms with van der Waals surface area (Å²) in [6.45, 7) is -0.818. The van der Waals surface area contributed by atoms with Gasteiger partial charge in [0.05, 0.1) is 17.6 Å². The first-order chi connectivity index (χ1) is 9.85. The van der Waals surface area contributed by atoms with Crippen molar-refractivity contribution in [2.75, 3.05) is 6.61 Å². The van der Waals surface area contributed by atoms with Crippen LogP contribution in [0.2, 0.25) is 0 Å². The smallest absolute Gasteiger partial charge is 0.161 e. The lowest BCUT2D eigenvalue weighted by atomic mass is 10.0. The number of halogens is 2. The van der Waals surface area contributed by atoms with Gasteiger partial charge in [0, 0.05) is 12.1 Å². The van der Waals surface area contributed by atoms with Crippen LogP contribution in [0.4, 0.5) is 8.78 Å². The lowest BCUT2D eigenvalue weighted by Gasteiger charge is -2.24. The molecule has 0 fully saturated rings. The normalized spacial score (nSPS) is 17.7. The molecule has 0 amide bonds. The molecule has 0 radical (unpaired) electrons. The molecule has 1 aromatic carbocycles. The largest absolute Gasteiger partial charge is 0.394 e. The van der Waals surface area contributed by atoms with Gasteiger partial charge in [-0.25, -0.2) is 13.8 Å². The third-order valence-electron chi connectivity index (χ3n) is 3.08. The topological polar surface area (TPSA) is 130 Å². The van der Waals surface area contributed by atoms with E-state index in [1.54, 1.807) is 0 Å². The molecule has 1 aromatic heterocycles. The number of aromatic nitrogens is 2. The first-order valence-corrected chi connectivity index (χ1v) is 6.03. The number of nitrogens with one attached hydrogen (secondary N) is 1. The summed E-state index contributed by atoms with van der Waals surface area (Å²) >= 11 is 0. The highest BCUT2D eigenvalue weighted by molar-refractivity contribution is 5.75. The minimum Gasteiger partial charge on any atom is -0.394 e. The summed E-state index contributed by atoms with van der Waals surface area (Å²) in [5, 5.41) is 46.9.